The molecule has 5 nitrogen and oxygen atoms in total. The molecule has 0 atom stereocenters. The molecule has 0 aliphatic heterocycles. The van der Waals surface area contributed by atoms with Crippen molar-refractivity contribution in [3.05, 3.63) is 66.0 Å². The van der Waals surface area contributed by atoms with Crippen molar-refractivity contribution in [3.8, 4) is 0 Å². The number of fused-ring (bicyclic) bond motifs is 1. The molecule has 0 unspecified atom stereocenters. The number of carbonyl (C=O) groups excluding carboxylic acids is 1. The first-order chi connectivity index (χ1) is 10.3. The molecule has 0 saturated heterocycles. The fourth-order valence-electron chi connectivity index (χ4n) is 2.23. The SMILES string of the molecule is NC(=O)c1cccnc1NCc1cccc2cccnc12. The number of primary amides is 1. The molecule has 3 aromatic rings. The number of anilines is 1. The number of rotatable bonds is 4. The zero-order valence-electron chi connectivity index (χ0n) is 11.3. The van der Waals surface area contributed by atoms with Gasteiger partial charge in [-0.25, -0.2) is 4.98 Å². The summed E-state index contributed by atoms with van der Waals surface area (Å²) in [5.41, 5.74) is 7.69. The van der Waals surface area contributed by atoms with E-state index >= 15 is 0 Å². The van der Waals surface area contributed by atoms with Crippen LogP contribution in [0.3, 0.4) is 0 Å². The number of hydrogen-bond donors (Lipinski definition) is 2. The smallest absolute Gasteiger partial charge is 0.252 e. The minimum absolute atomic E-state index is 0.380. The maximum Gasteiger partial charge on any atom is 0.252 e. The third-order valence-electron chi connectivity index (χ3n) is 3.24. The van der Waals surface area contributed by atoms with Crippen LogP contribution in [0.25, 0.3) is 10.9 Å². The fraction of sp³-hybridized carbons (Fsp3) is 0.0625. The Balaban J connectivity index is 1.89. The van der Waals surface area contributed by atoms with E-state index in [0.717, 1.165) is 16.5 Å². The molecule has 2 aromatic heterocycles. The Bertz CT molecular complexity index is 796. The second-order valence-corrected chi connectivity index (χ2v) is 4.61. The Labute approximate surface area is 121 Å². The summed E-state index contributed by atoms with van der Waals surface area (Å²) < 4.78 is 0. The number of pyridine rings is 2. The Morgan fingerprint density at radius 1 is 1.05 bits per heavy atom. The number of nitrogens with two attached hydrogens (primary N) is 1. The highest BCUT2D eigenvalue weighted by molar-refractivity contribution is 5.97. The number of para-hydroxylation sites is 1. The molecule has 104 valence electrons. The van der Waals surface area contributed by atoms with E-state index in [1.807, 2.05) is 30.3 Å². The van der Waals surface area contributed by atoms with Gasteiger partial charge in [-0.2, -0.15) is 0 Å². The Morgan fingerprint density at radius 3 is 2.67 bits per heavy atom. The van der Waals surface area contributed by atoms with Gasteiger partial charge in [-0.3, -0.25) is 9.78 Å². The molecular weight excluding hydrogens is 264 g/mol. The van der Waals surface area contributed by atoms with Gasteiger partial charge >= 0.3 is 0 Å². The van der Waals surface area contributed by atoms with Crippen LogP contribution in [0.2, 0.25) is 0 Å². The lowest BCUT2D eigenvalue weighted by atomic mass is 10.1. The summed E-state index contributed by atoms with van der Waals surface area (Å²) in [6.45, 7) is 0.519. The first-order valence-electron chi connectivity index (χ1n) is 6.57. The number of nitrogens with zero attached hydrogens (tertiary/aromatic N) is 2. The molecule has 0 spiro atoms. The molecular formula is C16H14N4O. The van der Waals surface area contributed by atoms with Crippen molar-refractivity contribution in [2.24, 2.45) is 5.73 Å². The molecule has 0 bridgehead atoms. The van der Waals surface area contributed by atoms with Crippen LogP contribution >= 0.6 is 0 Å². The van der Waals surface area contributed by atoms with E-state index in [-0.39, 0.29) is 0 Å². The molecule has 3 N–H and O–H groups in total. The van der Waals surface area contributed by atoms with Gasteiger partial charge in [0.05, 0.1) is 11.1 Å². The van der Waals surface area contributed by atoms with E-state index in [0.29, 0.717) is 17.9 Å². The molecule has 2 heterocycles. The summed E-state index contributed by atoms with van der Waals surface area (Å²) in [6, 6.07) is 13.2. The number of aromatic nitrogens is 2. The van der Waals surface area contributed by atoms with Crippen LogP contribution in [0.1, 0.15) is 15.9 Å². The predicted octanol–water partition coefficient (Wildman–Crippen LogP) is 2.34. The van der Waals surface area contributed by atoms with Crippen LogP contribution in [0.5, 0.6) is 0 Å². The van der Waals surface area contributed by atoms with Crippen molar-refractivity contribution >= 4 is 22.6 Å². The average Bonchev–Trinajstić information content (AvgIpc) is 2.53. The molecule has 0 fully saturated rings. The molecule has 0 aliphatic carbocycles. The topological polar surface area (TPSA) is 80.9 Å². The Hall–Kier alpha value is -2.95. The molecule has 3 rings (SSSR count). The van der Waals surface area contributed by atoms with Crippen molar-refractivity contribution in [2.75, 3.05) is 5.32 Å². The molecule has 1 amide bonds. The van der Waals surface area contributed by atoms with Crippen LogP contribution in [-0.2, 0) is 6.54 Å². The highest BCUT2D eigenvalue weighted by atomic mass is 16.1. The van der Waals surface area contributed by atoms with Crippen LogP contribution in [0.4, 0.5) is 5.82 Å². The van der Waals surface area contributed by atoms with Crippen molar-refractivity contribution < 1.29 is 4.79 Å². The average molecular weight is 278 g/mol. The molecule has 0 radical (unpaired) electrons. The van der Waals surface area contributed by atoms with Gasteiger partial charge in [0, 0.05) is 24.3 Å². The van der Waals surface area contributed by atoms with Crippen LogP contribution in [0, 0.1) is 0 Å². The maximum atomic E-state index is 11.4. The standard InChI is InChI=1S/C16H14N4O/c17-15(21)13-7-3-9-19-16(13)20-10-12-5-1-4-11-6-2-8-18-14(11)12/h1-9H,10H2,(H2,17,21)(H,19,20). The summed E-state index contributed by atoms with van der Waals surface area (Å²) in [5.74, 6) is -0.0143. The van der Waals surface area contributed by atoms with Gasteiger partial charge in [-0.15, -0.1) is 0 Å². The first kappa shape index (κ1) is 13.1. The van der Waals surface area contributed by atoms with E-state index in [4.69, 9.17) is 5.73 Å². The third kappa shape index (κ3) is 2.67. The number of carbonyl (C=O) groups is 1. The summed E-state index contributed by atoms with van der Waals surface area (Å²) in [7, 11) is 0. The lowest BCUT2D eigenvalue weighted by Gasteiger charge is -2.10. The highest BCUT2D eigenvalue weighted by Crippen LogP contribution is 2.18. The first-order valence-corrected chi connectivity index (χ1v) is 6.57. The Kier molecular flexibility index (Phi) is 3.47. The molecule has 5 heteroatoms. The van der Waals surface area contributed by atoms with Gasteiger partial charge in [-0.1, -0.05) is 24.3 Å². The monoisotopic (exact) mass is 278 g/mol. The van der Waals surface area contributed by atoms with Gasteiger partial charge in [0.2, 0.25) is 0 Å². The van der Waals surface area contributed by atoms with E-state index < -0.39 is 5.91 Å². The summed E-state index contributed by atoms with van der Waals surface area (Å²) in [5, 5.41) is 4.23. The second kappa shape index (κ2) is 5.58. The minimum atomic E-state index is -0.498. The predicted molar refractivity (Wildman–Crippen MR) is 81.8 cm³/mol. The van der Waals surface area contributed by atoms with E-state index in [9.17, 15) is 4.79 Å². The van der Waals surface area contributed by atoms with Gasteiger partial charge in [0.1, 0.15) is 5.82 Å². The summed E-state index contributed by atoms with van der Waals surface area (Å²) >= 11 is 0. The van der Waals surface area contributed by atoms with Crippen molar-refractivity contribution in [2.45, 2.75) is 6.54 Å². The maximum absolute atomic E-state index is 11.4. The summed E-state index contributed by atoms with van der Waals surface area (Å²) in [4.78, 5) is 19.9. The number of nitrogens with one attached hydrogen (secondary N) is 1. The Morgan fingerprint density at radius 2 is 1.81 bits per heavy atom. The molecule has 21 heavy (non-hydrogen) atoms. The quantitative estimate of drug-likeness (QED) is 0.767. The van der Waals surface area contributed by atoms with Gasteiger partial charge < -0.3 is 11.1 Å². The number of benzene rings is 1. The van der Waals surface area contributed by atoms with Gasteiger partial charge in [0.25, 0.3) is 5.91 Å². The van der Waals surface area contributed by atoms with Crippen molar-refractivity contribution in [3.63, 3.8) is 0 Å². The van der Waals surface area contributed by atoms with Crippen molar-refractivity contribution in [1.29, 1.82) is 0 Å². The lowest BCUT2D eigenvalue weighted by Crippen LogP contribution is -2.15. The molecule has 1 aromatic carbocycles. The van der Waals surface area contributed by atoms with E-state index in [1.54, 1.807) is 24.5 Å². The number of hydrogen-bond acceptors (Lipinski definition) is 4. The largest absolute Gasteiger partial charge is 0.365 e. The van der Waals surface area contributed by atoms with Crippen LogP contribution in [0.15, 0.2) is 54.9 Å². The van der Waals surface area contributed by atoms with E-state index in [2.05, 4.69) is 15.3 Å². The zero-order chi connectivity index (χ0) is 14.7. The van der Waals surface area contributed by atoms with Crippen LogP contribution < -0.4 is 11.1 Å². The third-order valence-corrected chi connectivity index (χ3v) is 3.24. The normalized spacial score (nSPS) is 10.5. The fourth-order valence-corrected chi connectivity index (χ4v) is 2.23. The highest BCUT2D eigenvalue weighted by Gasteiger charge is 2.09. The second-order valence-electron chi connectivity index (χ2n) is 4.61. The number of amides is 1. The zero-order valence-corrected chi connectivity index (χ0v) is 11.3. The molecule has 0 saturated carbocycles. The van der Waals surface area contributed by atoms with E-state index in [1.165, 1.54) is 0 Å². The summed E-state index contributed by atoms with van der Waals surface area (Å²) in [6.07, 6.45) is 3.39. The minimum Gasteiger partial charge on any atom is -0.365 e. The van der Waals surface area contributed by atoms with Crippen LogP contribution in [-0.4, -0.2) is 15.9 Å². The van der Waals surface area contributed by atoms with Crippen molar-refractivity contribution in [1.82, 2.24) is 9.97 Å². The van der Waals surface area contributed by atoms with Gasteiger partial charge in [0.15, 0.2) is 0 Å². The molecule has 0 aliphatic rings. The van der Waals surface area contributed by atoms with Gasteiger partial charge in [-0.05, 0) is 23.8 Å². The lowest BCUT2D eigenvalue weighted by molar-refractivity contribution is 0.100.